The second-order valence-corrected chi connectivity index (χ2v) is 9.54. The van der Waals surface area contributed by atoms with Crippen LogP contribution in [0.1, 0.15) is 65.1 Å². The van der Waals surface area contributed by atoms with Gasteiger partial charge in [0, 0.05) is 11.8 Å². The number of nitrogens with one attached hydrogen (secondary N) is 2. The Hall–Kier alpha value is -2.75. The molecule has 0 heterocycles. The van der Waals surface area contributed by atoms with E-state index in [9.17, 15) is 19.2 Å². The SMILES string of the molecule is CCc1ccc(C(C(=O)NCC(=O)OC)N(C(=O)C(CS)NC(=O)OC(C)(C)C)C(C)CC)cc1. The highest BCUT2D eigenvalue weighted by Crippen LogP contribution is 2.27. The molecular formula is C25H39N3O6S. The number of alkyl carbamates (subject to hydrolysis) is 1. The van der Waals surface area contributed by atoms with Crippen molar-refractivity contribution in [3.05, 3.63) is 35.4 Å². The Morgan fingerprint density at radius 2 is 1.69 bits per heavy atom. The van der Waals surface area contributed by atoms with Gasteiger partial charge in [-0.25, -0.2) is 4.79 Å². The lowest BCUT2D eigenvalue weighted by molar-refractivity contribution is -0.146. The summed E-state index contributed by atoms with van der Waals surface area (Å²) < 4.78 is 9.92. The maximum absolute atomic E-state index is 13.7. The number of aryl methyl sites for hydroxylation is 1. The van der Waals surface area contributed by atoms with E-state index in [1.165, 1.54) is 12.0 Å². The zero-order valence-corrected chi connectivity index (χ0v) is 22.6. The molecule has 0 saturated heterocycles. The van der Waals surface area contributed by atoms with Crippen molar-refractivity contribution < 1.29 is 28.7 Å². The van der Waals surface area contributed by atoms with Gasteiger partial charge in [-0.15, -0.1) is 0 Å². The number of carbonyl (C=O) groups is 4. The van der Waals surface area contributed by atoms with Crippen LogP contribution < -0.4 is 10.6 Å². The first-order chi connectivity index (χ1) is 16.4. The number of amides is 3. The summed E-state index contributed by atoms with van der Waals surface area (Å²) in [5.74, 6) is -1.64. The molecule has 0 saturated carbocycles. The molecule has 1 aromatic carbocycles. The number of rotatable bonds is 11. The fourth-order valence-corrected chi connectivity index (χ4v) is 3.56. The first-order valence-corrected chi connectivity index (χ1v) is 12.4. The Balaban J connectivity index is 3.42. The number of hydrogen-bond acceptors (Lipinski definition) is 7. The number of esters is 1. The van der Waals surface area contributed by atoms with Gasteiger partial charge in [-0.05, 0) is 51.7 Å². The van der Waals surface area contributed by atoms with E-state index >= 15 is 0 Å². The van der Waals surface area contributed by atoms with E-state index in [-0.39, 0.29) is 18.3 Å². The van der Waals surface area contributed by atoms with Gasteiger partial charge < -0.3 is 25.0 Å². The van der Waals surface area contributed by atoms with Gasteiger partial charge in [0.1, 0.15) is 24.2 Å². The summed E-state index contributed by atoms with van der Waals surface area (Å²) in [5, 5.41) is 5.14. The van der Waals surface area contributed by atoms with Crippen molar-refractivity contribution in [3.63, 3.8) is 0 Å². The molecule has 35 heavy (non-hydrogen) atoms. The predicted octanol–water partition coefficient (Wildman–Crippen LogP) is 3.03. The Kier molecular flexibility index (Phi) is 12.1. The highest BCUT2D eigenvalue weighted by atomic mass is 32.1. The Bertz CT molecular complexity index is 869. The lowest BCUT2D eigenvalue weighted by atomic mass is 9.98. The Morgan fingerprint density at radius 1 is 1.09 bits per heavy atom. The highest BCUT2D eigenvalue weighted by Gasteiger charge is 2.38. The van der Waals surface area contributed by atoms with E-state index < -0.39 is 41.6 Å². The third-order valence-electron chi connectivity index (χ3n) is 5.36. The maximum atomic E-state index is 13.7. The van der Waals surface area contributed by atoms with Crippen molar-refractivity contribution >= 4 is 36.5 Å². The molecule has 0 aliphatic carbocycles. The van der Waals surface area contributed by atoms with Crippen LogP contribution in [0.5, 0.6) is 0 Å². The van der Waals surface area contributed by atoms with E-state index in [0.717, 1.165) is 12.0 Å². The minimum absolute atomic E-state index is 0.00369. The van der Waals surface area contributed by atoms with Gasteiger partial charge in [-0.3, -0.25) is 14.4 Å². The normalized spacial score (nSPS) is 13.7. The third-order valence-corrected chi connectivity index (χ3v) is 5.72. The zero-order valence-electron chi connectivity index (χ0n) is 21.7. The molecule has 1 aromatic rings. The average molecular weight is 510 g/mol. The molecule has 0 aliphatic heterocycles. The number of methoxy groups -OCH3 is 1. The molecule has 0 bridgehead atoms. The molecule has 3 amide bonds. The molecule has 0 radical (unpaired) electrons. The molecule has 3 unspecified atom stereocenters. The molecule has 10 heteroatoms. The van der Waals surface area contributed by atoms with Crippen LogP contribution in [0.25, 0.3) is 0 Å². The van der Waals surface area contributed by atoms with Gasteiger partial charge in [0.05, 0.1) is 7.11 Å². The number of thiol groups is 1. The number of ether oxygens (including phenoxy) is 2. The van der Waals surface area contributed by atoms with Crippen LogP contribution >= 0.6 is 12.6 Å². The van der Waals surface area contributed by atoms with Crippen LogP contribution in [0.4, 0.5) is 4.79 Å². The summed E-state index contributed by atoms with van der Waals surface area (Å²) >= 11 is 4.27. The van der Waals surface area contributed by atoms with Gasteiger partial charge in [0.25, 0.3) is 0 Å². The van der Waals surface area contributed by atoms with E-state index in [4.69, 9.17) is 4.74 Å². The molecular weight excluding hydrogens is 470 g/mol. The topological polar surface area (TPSA) is 114 Å². The van der Waals surface area contributed by atoms with Gasteiger partial charge >= 0.3 is 12.1 Å². The lowest BCUT2D eigenvalue weighted by Crippen LogP contribution is -2.56. The van der Waals surface area contributed by atoms with Crippen LogP contribution in [0, 0.1) is 0 Å². The van der Waals surface area contributed by atoms with Crippen LogP contribution in [-0.2, 0) is 30.3 Å². The zero-order chi connectivity index (χ0) is 26.8. The van der Waals surface area contributed by atoms with Crippen LogP contribution in [-0.4, -0.2) is 65.9 Å². The fourth-order valence-electron chi connectivity index (χ4n) is 3.31. The van der Waals surface area contributed by atoms with Gasteiger partial charge in [-0.1, -0.05) is 38.1 Å². The predicted molar refractivity (Wildman–Crippen MR) is 137 cm³/mol. The maximum Gasteiger partial charge on any atom is 0.408 e. The number of hydrogen-bond donors (Lipinski definition) is 3. The summed E-state index contributed by atoms with van der Waals surface area (Å²) in [6, 6.07) is 4.92. The first-order valence-electron chi connectivity index (χ1n) is 11.7. The second-order valence-electron chi connectivity index (χ2n) is 9.18. The molecule has 3 atom stereocenters. The molecule has 1 rings (SSSR count). The summed E-state index contributed by atoms with van der Waals surface area (Å²) in [5.41, 5.74) is 0.902. The van der Waals surface area contributed by atoms with Crippen molar-refractivity contribution in [2.75, 3.05) is 19.4 Å². The number of carbonyl (C=O) groups excluding carboxylic acids is 4. The van der Waals surface area contributed by atoms with Gasteiger partial charge in [0.15, 0.2) is 0 Å². The van der Waals surface area contributed by atoms with Gasteiger partial charge in [0.2, 0.25) is 11.8 Å². The smallest absolute Gasteiger partial charge is 0.408 e. The molecule has 9 nitrogen and oxygen atoms in total. The third kappa shape index (κ3) is 9.43. The first kappa shape index (κ1) is 30.3. The van der Waals surface area contributed by atoms with Crippen molar-refractivity contribution in [2.24, 2.45) is 0 Å². The Labute approximate surface area is 213 Å². The summed E-state index contributed by atoms with van der Waals surface area (Å²) in [7, 11) is 1.23. The number of nitrogens with zero attached hydrogens (tertiary/aromatic N) is 1. The van der Waals surface area contributed by atoms with E-state index in [1.807, 2.05) is 32.9 Å². The quantitative estimate of drug-likeness (QED) is 0.312. The van der Waals surface area contributed by atoms with Crippen LogP contribution in [0.2, 0.25) is 0 Å². The minimum atomic E-state index is -1.05. The van der Waals surface area contributed by atoms with Crippen molar-refractivity contribution in [1.82, 2.24) is 15.5 Å². The summed E-state index contributed by atoms with van der Waals surface area (Å²) in [6.45, 7) is 10.6. The van der Waals surface area contributed by atoms with Crippen LogP contribution in [0.15, 0.2) is 24.3 Å². The van der Waals surface area contributed by atoms with E-state index in [2.05, 4.69) is 28.0 Å². The second kappa shape index (κ2) is 14.0. The van der Waals surface area contributed by atoms with Crippen molar-refractivity contribution in [3.8, 4) is 0 Å². The Morgan fingerprint density at radius 3 is 2.14 bits per heavy atom. The molecule has 0 spiro atoms. The molecule has 196 valence electrons. The standard InChI is InChI=1S/C25H39N3O6S/c1-8-16(3)28(23(31)19(15-35)27-24(32)34-25(4,5)6)21(22(30)26-14-20(29)33-7)18-12-10-17(9-2)11-13-18/h10-13,16,19,21,35H,8-9,14-15H2,1-7H3,(H,26,30)(H,27,32). The molecule has 0 aliphatic rings. The van der Waals surface area contributed by atoms with Crippen molar-refractivity contribution in [2.45, 2.75) is 78.1 Å². The number of benzene rings is 1. The van der Waals surface area contributed by atoms with E-state index in [0.29, 0.717) is 12.0 Å². The van der Waals surface area contributed by atoms with Gasteiger partial charge in [-0.2, -0.15) is 12.6 Å². The summed E-state index contributed by atoms with van der Waals surface area (Å²) in [6.07, 6.45) is 0.605. The fraction of sp³-hybridized carbons (Fsp3) is 0.600. The molecule has 0 fully saturated rings. The average Bonchev–Trinajstić information content (AvgIpc) is 2.82. The minimum Gasteiger partial charge on any atom is -0.468 e. The largest absolute Gasteiger partial charge is 0.468 e. The van der Waals surface area contributed by atoms with E-state index in [1.54, 1.807) is 32.9 Å². The molecule has 0 aromatic heterocycles. The van der Waals surface area contributed by atoms with Crippen molar-refractivity contribution in [1.29, 1.82) is 0 Å². The summed E-state index contributed by atoms with van der Waals surface area (Å²) in [4.78, 5) is 52.6. The molecule has 2 N–H and O–H groups in total. The highest BCUT2D eigenvalue weighted by molar-refractivity contribution is 7.80. The van der Waals surface area contributed by atoms with Crippen LogP contribution in [0.3, 0.4) is 0 Å². The lowest BCUT2D eigenvalue weighted by Gasteiger charge is -2.38. The monoisotopic (exact) mass is 509 g/mol.